The lowest BCUT2D eigenvalue weighted by Crippen LogP contribution is -2.24. The van der Waals surface area contributed by atoms with Gasteiger partial charge in [0.15, 0.2) is 0 Å². The number of nitrogen functional groups attached to an aromatic ring is 1. The molecule has 0 aliphatic rings. The van der Waals surface area contributed by atoms with Crippen molar-refractivity contribution in [3.8, 4) is 0 Å². The summed E-state index contributed by atoms with van der Waals surface area (Å²) in [5, 5.41) is 2.85. The van der Waals surface area contributed by atoms with E-state index in [4.69, 9.17) is 5.73 Å². The molecule has 0 fully saturated rings. The van der Waals surface area contributed by atoms with Crippen molar-refractivity contribution >= 4 is 23.0 Å². The van der Waals surface area contributed by atoms with Crippen molar-refractivity contribution < 1.29 is 9.18 Å². The van der Waals surface area contributed by atoms with Crippen molar-refractivity contribution in [1.29, 1.82) is 0 Å². The quantitative estimate of drug-likeness (QED) is 0.831. The van der Waals surface area contributed by atoms with Gasteiger partial charge in [0, 0.05) is 24.3 Å². The van der Waals surface area contributed by atoms with Crippen LogP contribution in [-0.2, 0) is 0 Å². The predicted molar refractivity (Wildman–Crippen MR) is 88.8 cm³/mol. The number of nitrogens with zero attached hydrogens (tertiary/aromatic N) is 1. The van der Waals surface area contributed by atoms with E-state index in [2.05, 4.69) is 10.2 Å². The third kappa shape index (κ3) is 3.55. The van der Waals surface area contributed by atoms with Gasteiger partial charge in [0.1, 0.15) is 5.82 Å². The van der Waals surface area contributed by atoms with Crippen LogP contribution in [0, 0.1) is 5.82 Å². The van der Waals surface area contributed by atoms with E-state index in [1.54, 1.807) is 12.1 Å². The van der Waals surface area contributed by atoms with Crippen molar-refractivity contribution in [2.45, 2.75) is 13.8 Å². The van der Waals surface area contributed by atoms with Gasteiger partial charge in [-0.05, 0) is 56.3 Å². The lowest BCUT2D eigenvalue weighted by molar-refractivity contribution is 0.102. The van der Waals surface area contributed by atoms with E-state index in [9.17, 15) is 9.18 Å². The fraction of sp³-hybridized carbons (Fsp3) is 0.235. The topological polar surface area (TPSA) is 58.4 Å². The van der Waals surface area contributed by atoms with Crippen molar-refractivity contribution in [3.05, 3.63) is 53.8 Å². The van der Waals surface area contributed by atoms with E-state index in [0.29, 0.717) is 16.9 Å². The second-order valence-electron chi connectivity index (χ2n) is 4.91. The van der Waals surface area contributed by atoms with Gasteiger partial charge in [-0.15, -0.1) is 0 Å². The number of halogens is 1. The van der Waals surface area contributed by atoms with Crippen LogP contribution in [0.1, 0.15) is 24.2 Å². The molecule has 22 heavy (non-hydrogen) atoms. The maximum absolute atomic E-state index is 12.9. The zero-order valence-corrected chi connectivity index (χ0v) is 12.8. The summed E-state index contributed by atoms with van der Waals surface area (Å²) >= 11 is 0. The van der Waals surface area contributed by atoms with E-state index in [1.807, 2.05) is 19.9 Å². The van der Waals surface area contributed by atoms with Crippen LogP contribution in [0.25, 0.3) is 0 Å². The molecule has 1 amide bonds. The maximum atomic E-state index is 12.9. The molecule has 2 rings (SSSR count). The highest BCUT2D eigenvalue weighted by atomic mass is 19.1. The Balaban J connectivity index is 2.29. The van der Waals surface area contributed by atoms with Gasteiger partial charge in [0.25, 0.3) is 5.91 Å². The zero-order chi connectivity index (χ0) is 16.1. The molecule has 2 aromatic carbocycles. The Bertz CT molecular complexity index is 651. The molecule has 0 saturated carbocycles. The fourth-order valence-corrected chi connectivity index (χ4v) is 2.29. The largest absolute Gasteiger partial charge is 0.399 e. The predicted octanol–water partition coefficient (Wildman–Crippen LogP) is 3.51. The van der Waals surface area contributed by atoms with Gasteiger partial charge in [0.2, 0.25) is 0 Å². The van der Waals surface area contributed by atoms with Crippen molar-refractivity contribution in [3.63, 3.8) is 0 Å². The Morgan fingerprint density at radius 1 is 1.14 bits per heavy atom. The van der Waals surface area contributed by atoms with Crippen LogP contribution in [0.3, 0.4) is 0 Å². The molecule has 0 saturated heterocycles. The lowest BCUT2D eigenvalue weighted by Gasteiger charge is -2.24. The number of nitrogens with two attached hydrogens (primary N) is 1. The minimum atomic E-state index is -0.371. The number of carbonyl (C=O) groups is 1. The monoisotopic (exact) mass is 301 g/mol. The number of rotatable bonds is 5. The van der Waals surface area contributed by atoms with E-state index in [0.717, 1.165) is 18.8 Å². The number of anilines is 3. The lowest BCUT2D eigenvalue weighted by atomic mass is 10.1. The number of nitrogens with one attached hydrogen (secondary N) is 1. The van der Waals surface area contributed by atoms with Crippen molar-refractivity contribution in [1.82, 2.24) is 0 Å². The molecule has 0 bridgehead atoms. The molecule has 0 aromatic heterocycles. The summed E-state index contributed by atoms with van der Waals surface area (Å²) in [5.41, 5.74) is 8.36. The second kappa shape index (κ2) is 6.93. The Kier molecular flexibility index (Phi) is 4.99. The summed E-state index contributed by atoms with van der Waals surface area (Å²) in [4.78, 5) is 14.4. The van der Waals surface area contributed by atoms with Crippen LogP contribution in [0.15, 0.2) is 42.5 Å². The van der Waals surface area contributed by atoms with E-state index in [1.165, 1.54) is 24.3 Å². The standard InChI is InChI=1S/C17H20FN3O/c1-3-21(4-2)16-10-9-14(19)11-15(16)20-17(22)12-5-7-13(18)8-6-12/h5-11H,3-4,19H2,1-2H3,(H,20,22). The number of hydrogen-bond acceptors (Lipinski definition) is 3. The first-order valence-corrected chi connectivity index (χ1v) is 7.26. The third-order valence-electron chi connectivity index (χ3n) is 3.48. The molecule has 116 valence electrons. The van der Waals surface area contributed by atoms with Crippen molar-refractivity contribution in [2.75, 3.05) is 29.0 Å². The molecule has 0 radical (unpaired) electrons. The molecule has 2 aromatic rings. The van der Waals surface area contributed by atoms with Crippen LogP contribution >= 0.6 is 0 Å². The van der Waals surface area contributed by atoms with E-state index in [-0.39, 0.29) is 11.7 Å². The Hall–Kier alpha value is -2.56. The second-order valence-corrected chi connectivity index (χ2v) is 4.91. The number of hydrogen-bond donors (Lipinski definition) is 2. The fourth-order valence-electron chi connectivity index (χ4n) is 2.29. The Labute approximate surface area is 129 Å². The van der Waals surface area contributed by atoms with E-state index < -0.39 is 0 Å². The molecular formula is C17H20FN3O. The highest BCUT2D eigenvalue weighted by Crippen LogP contribution is 2.28. The summed E-state index contributed by atoms with van der Waals surface area (Å²) in [6.07, 6.45) is 0. The Morgan fingerprint density at radius 2 is 1.77 bits per heavy atom. The van der Waals surface area contributed by atoms with Gasteiger partial charge in [-0.2, -0.15) is 0 Å². The summed E-state index contributed by atoms with van der Waals surface area (Å²) in [6.45, 7) is 5.73. The molecule has 0 aliphatic heterocycles. The molecule has 0 heterocycles. The van der Waals surface area contributed by atoms with Gasteiger partial charge < -0.3 is 16.0 Å². The maximum Gasteiger partial charge on any atom is 0.255 e. The highest BCUT2D eigenvalue weighted by Gasteiger charge is 2.13. The van der Waals surface area contributed by atoms with Gasteiger partial charge >= 0.3 is 0 Å². The average molecular weight is 301 g/mol. The number of amides is 1. The van der Waals surface area contributed by atoms with Gasteiger partial charge in [-0.3, -0.25) is 4.79 Å². The van der Waals surface area contributed by atoms with Gasteiger partial charge in [0.05, 0.1) is 11.4 Å². The molecule has 5 heteroatoms. The minimum absolute atomic E-state index is 0.293. The number of benzene rings is 2. The molecule has 3 N–H and O–H groups in total. The molecule has 0 unspecified atom stereocenters. The van der Waals surface area contributed by atoms with E-state index >= 15 is 0 Å². The summed E-state index contributed by atoms with van der Waals surface area (Å²) < 4.78 is 12.9. The normalized spacial score (nSPS) is 10.3. The average Bonchev–Trinajstić information content (AvgIpc) is 2.51. The van der Waals surface area contributed by atoms with Crippen molar-refractivity contribution in [2.24, 2.45) is 0 Å². The number of carbonyl (C=O) groups excluding carboxylic acids is 1. The molecule has 4 nitrogen and oxygen atoms in total. The summed E-state index contributed by atoms with van der Waals surface area (Å²) in [7, 11) is 0. The molecule has 0 aliphatic carbocycles. The zero-order valence-electron chi connectivity index (χ0n) is 12.8. The first-order chi connectivity index (χ1) is 10.5. The summed E-state index contributed by atoms with van der Waals surface area (Å²) in [5.74, 6) is -0.664. The van der Waals surface area contributed by atoms with Crippen LogP contribution in [0.5, 0.6) is 0 Å². The Morgan fingerprint density at radius 3 is 2.36 bits per heavy atom. The van der Waals surface area contributed by atoms with Crippen LogP contribution in [0.4, 0.5) is 21.5 Å². The third-order valence-corrected chi connectivity index (χ3v) is 3.48. The first-order valence-electron chi connectivity index (χ1n) is 7.26. The molecule has 0 spiro atoms. The first kappa shape index (κ1) is 15.8. The smallest absolute Gasteiger partial charge is 0.255 e. The highest BCUT2D eigenvalue weighted by molar-refractivity contribution is 6.06. The molecular weight excluding hydrogens is 281 g/mol. The van der Waals surface area contributed by atoms with Crippen LogP contribution in [-0.4, -0.2) is 19.0 Å². The SMILES string of the molecule is CCN(CC)c1ccc(N)cc1NC(=O)c1ccc(F)cc1. The molecule has 0 atom stereocenters. The van der Waals surface area contributed by atoms with Crippen LogP contribution < -0.4 is 16.0 Å². The minimum Gasteiger partial charge on any atom is -0.399 e. The van der Waals surface area contributed by atoms with Crippen LogP contribution in [0.2, 0.25) is 0 Å². The van der Waals surface area contributed by atoms with Gasteiger partial charge in [-0.25, -0.2) is 4.39 Å². The summed E-state index contributed by atoms with van der Waals surface area (Å²) in [6, 6.07) is 10.9. The van der Waals surface area contributed by atoms with Gasteiger partial charge in [-0.1, -0.05) is 0 Å².